The van der Waals surface area contributed by atoms with E-state index in [0.29, 0.717) is 64.7 Å². The number of fused-ring (bicyclic) bond motifs is 1. The molecule has 1 aromatic rings. The summed E-state index contributed by atoms with van der Waals surface area (Å²) in [4.78, 5) is 39.8. The second-order valence-electron chi connectivity index (χ2n) is 8.12. The number of aromatic nitrogens is 2. The summed E-state index contributed by atoms with van der Waals surface area (Å²) in [5.74, 6) is -0.389. The molecule has 8 nitrogen and oxygen atoms in total. The number of hydrogen-bond acceptors (Lipinski definition) is 7. The number of rotatable bonds is 4. The monoisotopic (exact) mass is 405 g/mol. The highest BCUT2D eigenvalue weighted by Crippen LogP contribution is 2.38. The molecule has 2 aliphatic heterocycles. The molecule has 2 saturated heterocycles. The topological polar surface area (TPSA) is 78.9 Å². The number of amides is 1. The third-order valence-electron chi connectivity index (χ3n) is 6.20. The molecule has 3 aliphatic rings. The van der Waals surface area contributed by atoms with E-state index in [1.165, 1.54) is 0 Å². The van der Waals surface area contributed by atoms with Crippen molar-refractivity contribution >= 4 is 17.8 Å². The largest absolute Gasteiger partial charge is 0.466 e. The lowest BCUT2D eigenvalue weighted by Gasteiger charge is -2.44. The van der Waals surface area contributed by atoms with Crippen LogP contribution in [-0.2, 0) is 14.3 Å². The number of esters is 1. The van der Waals surface area contributed by atoms with Crippen molar-refractivity contribution in [1.82, 2.24) is 19.8 Å². The van der Waals surface area contributed by atoms with Gasteiger partial charge in [-0.3, -0.25) is 14.5 Å². The number of carbonyl (C=O) groups is 2. The lowest BCUT2D eigenvalue weighted by Crippen LogP contribution is -2.61. The van der Waals surface area contributed by atoms with Gasteiger partial charge in [-0.25, -0.2) is 14.4 Å². The Kier molecular flexibility index (Phi) is 5.67. The predicted octanol–water partition coefficient (Wildman–Crippen LogP) is 0.881. The van der Waals surface area contributed by atoms with Gasteiger partial charge in [-0.15, -0.1) is 0 Å². The SMILES string of the molecule is CCOC(=O)[C@H]1CN(c2ncccn2)C[C@@H]2CN(C(=O)C3(F)CCC3)CCN2C1. The van der Waals surface area contributed by atoms with Crippen molar-refractivity contribution in [3.05, 3.63) is 18.5 Å². The van der Waals surface area contributed by atoms with E-state index in [4.69, 9.17) is 4.74 Å². The molecule has 0 bridgehead atoms. The van der Waals surface area contributed by atoms with Crippen LogP contribution in [0.3, 0.4) is 0 Å². The predicted molar refractivity (Wildman–Crippen MR) is 104 cm³/mol. The van der Waals surface area contributed by atoms with Crippen molar-refractivity contribution in [3.63, 3.8) is 0 Å². The van der Waals surface area contributed by atoms with Crippen LogP contribution in [0.1, 0.15) is 26.2 Å². The van der Waals surface area contributed by atoms with Crippen LogP contribution in [0.15, 0.2) is 18.5 Å². The zero-order chi connectivity index (χ0) is 20.4. The molecule has 158 valence electrons. The fourth-order valence-corrected chi connectivity index (χ4v) is 4.44. The summed E-state index contributed by atoms with van der Waals surface area (Å²) in [7, 11) is 0. The smallest absolute Gasteiger partial charge is 0.312 e. The van der Waals surface area contributed by atoms with Crippen LogP contribution in [-0.4, -0.2) is 89.2 Å². The minimum absolute atomic E-state index is 0.0143. The Labute approximate surface area is 170 Å². The first-order valence-corrected chi connectivity index (χ1v) is 10.4. The van der Waals surface area contributed by atoms with Crippen LogP contribution in [0.25, 0.3) is 0 Å². The highest BCUT2D eigenvalue weighted by Gasteiger charge is 2.48. The summed E-state index contributed by atoms with van der Waals surface area (Å²) in [5, 5.41) is 0. The molecule has 1 amide bonds. The number of ether oxygens (including phenoxy) is 1. The Morgan fingerprint density at radius 3 is 2.59 bits per heavy atom. The van der Waals surface area contributed by atoms with Crippen LogP contribution in [0.2, 0.25) is 0 Å². The Bertz CT molecular complexity index is 745. The molecule has 0 aromatic carbocycles. The van der Waals surface area contributed by atoms with E-state index in [-0.39, 0.29) is 23.8 Å². The van der Waals surface area contributed by atoms with Crippen LogP contribution in [0.4, 0.5) is 10.3 Å². The maximum absolute atomic E-state index is 14.7. The van der Waals surface area contributed by atoms with Crippen LogP contribution in [0, 0.1) is 5.92 Å². The summed E-state index contributed by atoms with van der Waals surface area (Å²) in [5.41, 5.74) is -1.68. The maximum Gasteiger partial charge on any atom is 0.312 e. The van der Waals surface area contributed by atoms with Crippen molar-refractivity contribution in [3.8, 4) is 0 Å². The Morgan fingerprint density at radius 2 is 1.93 bits per heavy atom. The van der Waals surface area contributed by atoms with E-state index in [1.54, 1.807) is 30.3 Å². The summed E-state index contributed by atoms with van der Waals surface area (Å²) in [6, 6.07) is 1.73. The molecule has 2 atom stereocenters. The van der Waals surface area contributed by atoms with Crippen molar-refractivity contribution < 1.29 is 18.7 Å². The van der Waals surface area contributed by atoms with Crippen LogP contribution < -0.4 is 4.90 Å². The Morgan fingerprint density at radius 1 is 1.17 bits per heavy atom. The van der Waals surface area contributed by atoms with Gasteiger partial charge in [0.15, 0.2) is 5.67 Å². The molecule has 3 heterocycles. The van der Waals surface area contributed by atoms with Crippen LogP contribution in [0.5, 0.6) is 0 Å². The minimum atomic E-state index is -1.68. The molecule has 9 heteroatoms. The van der Waals surface area contributed by atoms with E-state index in [9.17, 15) is 14.0 Å². The normalized spacial score (nSPS) is 26.8. The molecular formula is C20H28FN5O3. The van der Waals surface area contributed by atoms with Gasteiger partial charge in [0.25, 0.3) is 5.91 Å². The van der Waals surface area contributed by atoms with E-state index in [2.05, 4.69) is 14.9 Å². The maximum atomic E-state index is 14.7. The lowest BCUT2D eigenvalue weighted by atomic mass is 9.80. The van der Waals surface area contributed by atoms with Gasteiger partial charge in [-0.1, -0.05) is 0 Å². The van der Waals surface area contributed by atoms with E-state index in [1.807, 2.05) is 4.90 Å². The summed E-state index contributed by atoms with van der Waals surface area (Å²) >= 11 is 0. The highest BCUT2D eigenvalue weighted by atomic mass is 19.1. The van der Waals surface area contributed by atoms with E-state index in [0.717, 1.165) is 6.42 Å². The van der Waals surface area contributed by atoms with E-state index < -0.39 is 5.67 Å². The summed E-state index contributed by atoms with van der Waals surface area (Å²) in [6.07, 6.45) is 4.76. The average Bonchev–Trinajstić information content (AvgIpc) is 2.91. The van der Waals surface area contributed by atoms with Gasteiger partial charge in [-0.05, 0) is 32.3 Å². The number of piperazine rings is 1. The average molecular weight is 405 g/mol. The van der Waals surface area contributed by atoms with Crippen LogP contribution >= 0.6 is 0 Å². The van der Waals surface area contributed by atoms with Gasteiger partial charge in [0, 0.05) is 57.7 Å². The van der Waals surface area contributed by atoms with Gasteiger partial charge in [-0.2, -0.15) is 0 Å². The molecule has 29 heavy (non-hydrogen) atoms. The summed E-state index contributed by atoms with van der Waals surface area (Å²) < 4.78 is 20.0. The van der Waals surface area contributed by atoms with Crippen molar-refractivity contribution in [2.45, 2.75) is 37.9 Å². The number of alkyl halides is 1. The van der Waals surface area contributed by atoms with Gasteiger partial charge < -0.3 is 14.5 Å². The molecule has 4 rings (SSSR count). The van der Waals surface area contributed by atoms with Gasteiger partial charge in [0.05, 0.1) is 12.5 Å². The number of anilines is 1. The fraction of sp³-hybridized carbons (Fsp3) is 0.700. The number of hydrogen-bond donors (Lipinski definition) is 0. The lowest BCUT2D eigenvalue weighted by molar-refractivity contribution is -0.154. The molecule has 1 aliphatic carbocycles. The van der Waals surface area contributed by atoms with Crippen molar-refractivity contribution in [2.24, 2.45) is 5.92 Å². The molecule has 1 saturated carbocycles. The van der Waals surface area contributed by atoms with Gasteiger partial charge in [0.2, 0.25) is 5.95 Å². The molecule has 0 radical (unpaired) electrons. The van der Waals surface area contributed by atoms with Crippen molar-refractivity contribution in [1.29, 1.82) is 0 Å². The quantitative estimate of drug-likeness (QED) is 0.688. The zero-order valence-corrected chi connectivity index (χ0v) is 16.8. The number of nitrogens with zero attached hydrogens (tertiary/aromatic N) is 5. The number of halogens is 1. The third kappa shape index (κ3) is 4.05. The Hall–Kier alpha value is -2.29. The molecule has 0 N–H and O–H groups in total. The minimum Gasteiger partial charge on any atom is -0.466 e. The van der Waals surface area contributed by atoms with E-state index >= 15 is 0 Å². The zero-order valence-electron chi connectivity index (χ0n) is 16.8. The first kappa shape index (κ1) is 20.0. The molecule has 1 aromatic heterocycles. The standard InChI is InChI=1S/C20H28FN5O3/c1-2-29-17(27)15-11-24-9-10-25(18(28)20(21)5-3-6-20)13-16(24)14-26(12-15)19-22-7-4-8-23-19/h4,7-8,15-16H,2-3,5-6,9-14H2,1H3/t15-,16+/m1/s1. The van der Waals surface area contributed by atoms with Gasteiger partial charge in [0.1, 0.15) is 0 Å². The second kappa shape index (κ2) is 8.22. The fourth-order valence-electron chi connectivity index (χ4n) is 4.44. The highest BCUT2D eigenvalue weighted by molar-refractivity contribution is 5.86. The Balaban J connectivity index is 1.53. The molecule has 0 spiro atoms. The van der Waals surface area contributed by atoms with Gasteiger partial charge >= 0.3 is 5.97 Å². The second-order valence-corrected chi connectivity index (χ2v) is 8.12. The first-order valence-electron chi connectivity index (χ1n) is 10.4. The summed E-state index contributed by atoms with van der Waals surface area (Å²) in [6.45, 7) is 5.26. The molecule has 0 unspecified atom stereocenters. The third-order valence-corrected chi connectivity index (χ3v) is 6.20. The first-order chi connectivity index (χ1) is 14.0. The van der Waals surface area contributed by atoms with Crippen molar-refractivity contribution in [2.75, 3.05) is 50.8 Å². The molecular weight excluding hydrogens is 377 g/mol. The number of carbonyl (C=O) groups excluding carboxylic acids is 2. The molecule has 3 fully saturated rings.